The minimum absolute atomic E-state index is 0.200. The molecule has 0 saturated carbocycles. The van der Waals surface area contributed by atoms with E-state index in [-0.39, 0.29) is 36.9 Å². The number of carbonyl (C=O) groups excluding carboxylic acids is 3. The van der Waals surface area contributed by atoms with Gasteiger partial charge in [0.15, 0.2) is 0 Å². The summed E-state index contributed by atoms with van der Waals surface area (Å²) in [6, 6.07) is 13.8. The lowest BCUT2D eigenvalue weighted by Gasteiger charge is -2.26. The number of nitrogens with one attached hydrogen (secondary N) is 2. The van der Waals surface area contributed by atoms with Crippen molar-refractivity contribution in [2.45, 2.75) is 50.9 Å². The minimum atomic E-state index is -0.736. The van der Waals surface area contributed by atoms with E-state index in [4.69, 9.17) is 5.73 Å². The average molecular weight is 478 g/mol. The molecule has 4 N–H and O–H groups in total. The smallest absolute Gasteiger partial charge is 0.243 e. The van der Waals surface area contributed by atoms with Gasteiger partial charge in [0.1, 0.15) is 11.6 Å². The van der Waals surface area contributed by atoms with Crippen molar-refractivity contribution in [3.05, 3.63) is 59.7 Å². The van der Waals surface area contributed by atoms with Crippen LogP contribution in [-0.2, 0) is 34.4 Å². The summed E-state index contributed by atoms with van der Waals surface area (Å²) in [5.41, 5.74) is 9.86. The zero-order valence-corrected chi connectivity index (χ0v) is 20.0. The lowest BCUT2D eigenvalue weighted by Crippen LogP contribution is -2.51. The van der Waals surface area contributed by atoms with Crippen molar-refractivity contribution in [2.75, 3.05) is 6.54 Å². The Balaban J connectivity index is 1.41. The van der Waals surface area contributed by atoms with E-state index in [1.54, 1.807) is 4.68 Å². The normalized spacial score (nSPS) is 18.4. The first kappa shape index (κ1) is 24.3. The minimum Gasteiger partial charge on any atom is -0.352 e. The summed E-state index contributed by atoms with van der Waals surface area (Å²) in [5.74, 6) is -0.760. The number of aryl methyl sites for hydroxylation is 2. The van der Waals surface area contributed by atoms with Gasteiger partial charge >= 0.3 is 0 Å². The van der Waals surface area contributed by atoms with Gasteiger partial charge in [0.25, 0.3) is 0 Å². The lowest BCUT2D eigenvalue weighted by molar-refractivity contribution is -0.139. The monoisotopic (exact) mass is 477 g/mol. The van der Waals surface area contributed by atoms with Crippen LogP contribution >= 0.6 is 0 Å². The topological polar surface area (TPSA) is 135 Å². The van der Waals surface area contributed by atoms with Crippen LogP contribution in [0.2, 0.25) is 0 Å². The predicted molar refractivity (Wildman–Crippen MR) is 131 cm³/mol. The summed E-state index contributed by atoms with van der Waals surface area (Å²) in [6.07, 6.45) is 1.47. The number of hydrogen-bond donors (Lipinski definition) is 3. The van der Waals surface area contributed by atoms with E-state index in [1.165, 1.54) is 11.8 Å². The van der Waals surface area contributed by atoms with Crippen LogP contribution in [0.4, 0.5) is 0 Å². The number of rotatable bonds is 8. The van der Waals surface area contributed by atoms with Gasteiger partial charge in [0.05, 0.1) is 11.6 Å². The highest BCUT2D eigenvalue weighted by atomic mass is 16.2. The molecule has 1 saturated heterocycles. The Hall–Kier alpha value is -3.79. The number of carbonyl (C=O) groups is 3. The van der Waals surface area contributed by atoms with Gasteiger partial charge in [-0.05, 0) is 42.5 Å². The molecular formula is C25H31N7O3. The molecule has 1 aliphatic heterocycles. The van der Waals surface area contributed by atoms with E-state index < -0.39 is 12.1 Å². The second kappa shape index (κ2) is 10.6. The highest BCUT2D eigenvalue weighted by Gasteiger charge is 2.41. The Labute approximate surface area is 203 Å². The summed E-state index contributed by atoms with van der Waals surface area (Å²) in [7, 11) is 1.82. The lowest BCUT2D eigenvalue weighted by atomic mass is 10.0. The Morgan fingerprint density at radius 1 is 1.14 bits per heavy atom. The second-order valence-corrected chi connectivity index (χ2v) is 9.02. The fourth-order valence-corrected chi connectivity index (χ4v) is 4.53. The SMILES string of the molecule is CC(=O)NC1CC(C(=O)NCc2ccc3c(c2)nnn3C)N(C(=O)C(N)CCc2ccccc2)C1. The molecule has 10 heteroatoms. The number of fused-ring (bicyclic) bond motifs is 1. The molecule has 0 spiro atoms. The number of amides is 3. The third kappa shape index (κ3) is 5.83. The van der Waals surface area contributed by atoms with Gasteiger partial charge in [-0.1, -0.05) is 41.6 Å². The third-order valence-corrected chi connectivity index (χ3v) is 6.34. The van der Waals surface area contributed by atoms with E-state index in [9.17, 15) is 14.4 Å². The largest absolute Gasteiger partial charge is 0.352 e. The summed E-state index contributed by atoms with van der Waals surface area (Å²) < 4.78 is 1.68. The number of benzene rings is 2. The second-order valence-electron chi connectivity index (χ2n) is 9.02. The van der Waals surface area contributed by atoms with E-state index in [2.05, 4.69) is 20.9 Å². The molecule has 4 rings (SSSR count). The van der Waals surface area contributed by atoms with Crippen molar-refractivity contribution >= 4 is 28.8 Å². The molecule has 2 aromatic carbocycles. The summed E-state index contributed by atoms with van der Waals surface area (Å²) in [6.45, 7) is 1.96. The van der Waals surface area contributed by atoms with Crippen molar-refractivity contribution in [2.24, 2.45) is 12.8 Å². The quantitative estimate of drug-likeness (QED) is 0.436. The maximum atomic E-state index is 13.2. The first-order valence-corrected chi connectivity index (χ1v) is 11.7. The Kier molecular flexibility index (Phi) is 7.40. The molecule has 10 nitrogen and oxygen atoms in total. The maximum Gasteiger partial charge on any atom is 0.243 e. The van der Waals surface area contributed by atoms with Crippen LogP contribution in [0.1, 0.15) is 30.9 Å². The van der Waals surface area contributed by atoms with Crippen LogP contribution in [0.3, 0.4) is 0 Å². The van der Waals surface area contributed by atoms with Crippen LogP contribution in [0.15, 0.2) is 48.5 Å². The van der Waals surface area contributed by atoms with Gasteiger partial charge in [0.2, 0.25) is 17.7 Å². The van der Waals surface area contributed by atoms with Crippen molar-refractivity contribution < 1.29 is 14.4 Å². The van der Waals surface area contributed by atoms with Gasteiger partial charge in [-0.2, -0.15) is 0 Å². The van der Waals surface area contributed by atoms with Crippen molar-refractivity contribution in [3.63, 3.8) is 0 Å². The van der Waals surface area contributed by atoms with E-state index >= 15 is 0 Å². The number of aromatic nitrogens is 3. The molecule has 0 aliphatic carbocycles. The maximum absolute atomic E-state index is 13.2. The molecule has 3 aromatic rings. The Morgan fingerprint density at radius 3 is 2.66 bits per heavy atom. The van der Waals surface area contributed by atoms with E-state index in [0.717, 1.165) is 22.2 Å². The van der Waals surface area contributed by atoms with Crippen LogP contribution in [-0.4, -0.2) is 62.3 Å². The third-order valence-electron chi connectivity index (χ3n) is 6.34. The molecule has 3 amide bonds. The van der Waals surface area contributed by atoms with E-state index in [1.807, 2.05) is 55.6 Å². The summed E-state index contributed by atoms with van der Waals surface area (Å²) in [5, 5.41) is 13.9. The van der Waals surface area contributed by atoms with Crippen LogP contribution in [0, 0.1) is 0 Å². The van der Waals surface area contributed by atoms with Gasteiger partial charge in [-0.25, -0.2) is 4.68 Å². The fraction of sp³-hybridized carbons (Fsp3) is 0.400. The molecule has 1 aromatic heterocycles. The molecule has 3 atom stereocenters. The average Bonchev–Trinajstić information content (AvgIpc) is 3.44. The van der Waals surface area contributed by atoms with Crippen molar-refractivity contribution in [3.8, 4) is 0 Å². The van der Waals surface area contributed by atoms with Gasteiger partial charge in [-0.15, -0.1) is 5.10 Å². The first-order chi connectivity index (χ1) is 16.8. The zero-order valence-electron chi connectivity index (χ0n) is 20.0. The highest BCUT2D eigenvalue weighted by Crippen LogP contribution is 2.21. The summed E-state index contributed by atoms with van der Waals surface area (Å²) >= 11 is 0. The molecular weight excluding hydrogens is 446 g/mol. The van der Waals surface area contributed by atoms with E-state index in [0.29, 0.717) is 19.3 Å². The molecule has 1 fully saturated rings. The van der Waals surface area contributed by atoms with Gasteiger partial charge in [0, 0.05) is 33.1 Å². The molecule has 0 radical (unpaired) electrons. The standard InChI is InChI=1S/C25H31N7O3/c1-16(33)28-19-13-23(24(34)27-14-18-9-11-22-21(12-18)29-30-31(22)2)32(15-19)25(35)20(26)10-8-17-6-4-3-5-7-17/h3-7,9,11-12,19-20,23H,8,10,13-15,26H2,1-2H3,(H,27,34)(H,28,33). The zero-order chi connectivity index (χ0) is 24.9. The predicted octanol–water partition coefficient (Wildman–Crippen LogP) is 0.650. The molecule has 35 heavy (non-hydrogen) atoms. The fourth-order valence-electron chi connectivity index (χ4n) is 4.53. The Bertz CT molecular complexity index is 1210. The highest BCUT2D eigenvalue weighted by molar-refractivity contribution is 5.90. The number of nitrogens with two attached hydrogens (primary N) is 1. The van der Waals surface area contributed by atoms with Gasteiger partial charge < -0.3 is 21.3 Å². The first-order valence-electron chi connectivity index (χ1n) is 11.7. The van der Waals surface area contributed by atoms with Crippen LogP contribution in [0.5, 0.6) is 0 Å². The van der Waals surface area contributed by atoms with Crippen molar-refractivity contribution in [1.82, 2.24) is 30.5 Å². The molecule has 2 heterocycles. The molecule has 3 unspecified atom stereocenters. The number of likely N-dealkylation sites (tertiary alicyclic amines) is 1. The van der Waals surface area contributed by atoms with Crippen molar-refractivity contribution in [1.29, 1.82) is 0 Å². The van der Waals surface area contributed by atoms with Crippen LogP contribution < -0.4 is 16.4 Å². The summed E-state index contributed by atoms with van der Waals surface area (Å²) in [4.78, 5) is 39.5. The number of nitrogens with zero attached hydrogens (tertiary/aromatic N) is 4. The van der Waals surface area contributed by atoms with Crippen LogP contribution in [0.25, 0.3) is 11.0 Å². The number of hydrogen-bond acceptors (Lipinski definition) is 6. The molecule has 1 aliphatic rings. The molecule has 0 bridgehead atoms. The Morgan fingerprint density at radius 2 is 1.91 bits per heavy atom. The van der Waals surface area contributed by atoms with Gasteiger partial charge in [-0.3, -0.25) is 14.4 Å². The molecule has 184 valence electrons.